The van der Waals surface area contributed by atoms with Crippen LogP contribution < -0.4 is 5.73 Å². The molecule has 0 bridgehead atoms. The molecule has 0 aliphatic carbocycles. The Labute approximate surface area is 95.7 Å². The molecule has 8 heteroatoms. The fourth-order valence-electron chi connectivity index (χ4n) is 0.830. The van der Waals surface area contributed by atoms with Crippen molar-refractivity contribution in [3.63, 3.8) is 0 Å². The summed E-state index contributed by atoms with van der Waals surface area (Å²) in [6.45, 7) is 0. The normalized spacial score (nSPS) is 9.80. The third-order valence-electron chi connectivity index (χ3n) is 1.34. The van der Waals surface area contributed by atoms with Gasteiger partial charge in [0, 0.05) is 6.20 Å². The first-order valence-electron chi connectivity index (χ1n) is 3.25. The molecule has 15 heavy (non-hydrogen) atoms. The standard InChI is InChI=1S/C7H5F3N2O.2ClH/c8-7(9,10)5-4(6(11)13)2-1-3-12-5;;/h1-3H,(H2,11,13);2*1H. The van der Waals surface area contributed by atoms with Crippen LogP contribution in [0.25, 0.3) is 0 Å². The summed E-state index contributed by atoms with van der Waals surface area (Å²) >= 11 is 0. The monoisotopic (exact) mass is 262 g/mol. The smallest absolute Gasteiger partial charge is 0.366 e. The van der Waals surface area contributed by atoms with Crippen LogP contribution in [0.1, 0.15) is 16.1 Å². The number of halogens is 5. The van der Waals surface area contributed by atoms with Crippen LogP contribution in [0.15, 0.2) is 18.3 Å². The number of carbonyl (C=O) groups is 1. The molecule has 0 saturated carbocycles. The Balaban J connectivity index is 0. The van der Waals surface area contributed by atoms with E-state index in [2.05, 4.69) is 4.98 Å². The van der Waals surface area contributed by atoms with Crippen LogP contribution in [0.2, 0.25) is 0 Å². The zero-order valence-corrected chi connectivity index (χ0v) is 8.75. The van der Waals surface area contributed by atoms with Crippen molar-refractivity contribution in [2.45, 2.75) is 6.18 Å². The van der Waals surface area contributed by atoms with Gasteiger partial charge in [0.05, 0.1) is 5.56 Å². The summed E-state index contributed by atoms with van der Waals surface area (Å²) < 4.78 is 36.4. The van der Waals surface area contributed by atoms with Crippen molar-refractivity contribution >= 4 is 30.7 Å². The van der Waals surface area contributed by atoms with Crippen LogP contribution in [0.5, 0.6) is 0 Å². The molecule has 0 aromatic carbocycles. The van der Waals surface area contributed by atoms with Gasteiger partial charge in [-0.05, 0) is 12.1 Å². The molecular weight excluding hydrogens is 256 g/mol. The van der Waals surface area contributed by atoms with Gasteiger partial charge in [0.25, 0.3) is 5.91 Å². The molecule has 0 aliphatic heterocycles. The fraction of sp³-hybridized carbons (Fsp3) is 0.143. The van der Waals surface area contributed by atoms with Gasteiger partial charge >= 0.3 is 6.18 Å². The number of pyridine rings is 1. The van der Waals surface area contributed by atoms with E-state index in [0.717, 1.165) is 12.3 Å². The lowest BCUT2D eigenvalue weighted by atomic mass is 10.2. The predicted octanol–water partition coefficient (Wildman–Crippen LogP) is 2.04. The number of hydrogen-bond acceptors (Lipinski definition) is 2. The Morgan fingerprint density at radius 2 is 1.87 bits per heavy atom. The molecule has 1 aromatic rings. The summed E-state index contributed by atoms with van der Waals surface area (Å²) in [6.07, 6.45) is -3.69. The Hall–Kier alpha value is -1.01. The lowest BCUT2D eigenvalue weighted by Crippen LogP contribution is -2.20. The topological polar surface area (TPSA) is 56.0 Å². The van der Waals surface area contributed by atoms with Gasteiger partial charge in [-0.25, -0.2) is 0 Å². The molecule has 2 N–H and O–H groups in total. The number of alkyl halides is 3. The van der Waals surface area contributed by atoms with Crippen molar-refractivity contribution in [1.29, 1.82) is 0 Å². The molecular formula is C7H7Cl2F3N2O. The van der Waals surface area contributed by atoms with Gasteiger partial charge in [0.2, 0.25) is 0 Å². The second kappa shape index (κ2) is 5.77. The number of carbonyl (C=O) groups excluding carboxylic acids is 1. The molecule has 0 aliphatic rings. The third-order valence-corrected chi connectivity index (χ3v) is 1.34. The van der Waals surface area contributed by atoms with Crippen LogP contribution in [0.3, 0.4) is 0 Å². The van der Waals surface area contributed by atoms with E-state index in [1.165, 1.54) is 6.07 Å². The highest BCUT2D eigenvalue weighted by Crippen LogP contribution is 2.29. The Morgan fingerprint density at radius 1 is 1.33 bits per heavy atom. The van der Waals surface area contributed by atoms with Gasteiger partial charge < -0.3 is 5.73 Å². The van der Waals surface area contributed by atoms with Crippen molar-refractivity contribution in [3.8, 4) is 0 Å². The molecule has 0 saturated heterocycles. The minimum Gasteiger partial charge on any atom is -0.366 e. The molecule has 0 atom stereocenters. The van der Waals surface area contributed by atoms with Gasteiger partial charge in [-0.15, -0.1) is 24.8 Å². The van der Waals surface area contributed by atoms with E-state index in [1.807, 2.05) is 0 Å². The molecule has 3 nitrogen and oxygen atoms in total. The van der Waals surface area contributed by atoms with Crippen molar-refractivity contribution in [1.82, 2.24) is 4.98 Å². The molecule has 1 amide bonds. The van der Waals surface area contributed by atoms with E-state index in [1.54, 1.807) is 0 Å². The maximum Gasteiger partial charge on any atom is 0.434 e. The van der Waals surface area contributed by atoms with Gasteiger partial charge in [0.15, 0.2) is 5.69 Å². The van der Waals surface area contributed by atoms with Crippen LogP contribution in [-0.2, 0) is 6.18 Å². The van der Waals surface area contributed by atoms with Crippen LogP contribution in [0, 0.1) is 0 Å². The lowest BCUT2D eigenvalue weighted by molar-refractivity contribution is -0.141. The van der Waals surface area contributed by atoms with E-state index < -0.39 is 23.3 Å². The van der Waals surface area contributed by atoms with Gasteiger partial charge in [-0.2, -0.15) is 13.2 Å². The molecule has 1 rings (SSSR count). The maximum absolute atomic E-state index is 12.1. The maximum atomic E-state index is 12.1. The van der Waals surface area contributed by atoms with Gasteiger partial charge in [0.1, 0.15) is 0 Å². The molecule has 0 fully saturated rings. The first kappa shape index (κ1) is 16.4. The summed E-state index contributed by atoms with van der Waals surface area (Å²) in [7, 11) is 0. The van der Waals surface area contributed by atoms with E-state index in [9.17, 15) is 18.0 Å². The summed E-state index contributed by atoms with van der Waals surface area (Å²) in [6, 6.07) is 2.20. The SMILES string of the molecule is Cl.Cl.NC(=O)c1cccnc1C(F)(F)F. The van der Waals surface area contributed by atoms with Gasteiger partial charge in [-0.3, -0.25) is 9.78 Å². The zero-order valence-electron chi connectivity index (χ0n) is 7.12. The zero-order chi connectivity index (χ0) is 10.1. The quantitative estimate of drug-likeness (QED) is 0.842. The predicted molar refractivity (Wildman–Crippen MR) is 52.3 cm³/mol. The second-order valence-corrected chi connectivity index (χ2v) is 2.26. The number of nitrogens with zero attached hydrogens (tertiary/aromatic N) is 1. The second-order valence-electron chi connectivity index (χ2n) is 2.26. The Morgan fingerprint density at radius 3 is 2.20 bits per heavy atom. The molecule has 0 spiro atoms. The number of amides is 1. The average Bonchev–Trinajstić information content (AvgIpc) is 2.03. The molecule has 0 radical (unpaired) electrons. The Bertz CT molecular complexity index is 343. The highest BCUT2D eigenvalue weighted by atomic mass is 35.5. The van der Waals surface area contributed by atoms with E-state index in [-0.39, 0.29) is 24.8 Å². The number of primary amides is 1. The Kier molecular flexibility index (Phi) is 6.32. The molecule has 0 unspecified atom stereocenters. The lowest BCUT2D eigenvalue weighted by Gasteiger charge is -2.07. The minimum absolute atomic E-state index is 0. The minimum atomic E-state index is -4.65. The van der Waals surface area contributed by atoms with Crippen molar-refractivity contribution < 1.29 is 18.0 Å². The molecule has 1 aromatic heterocycles. The van der Waals surface area contributed by atoms with Crippen LogP contribution >= 0.6 is 24.8 Å². The number of nitrogens with two attached hydrogens (primary N) is 1. The van der Waals surface area contributed by atoms with Crippen molar-refractivity contribution in [2.75, 3.05) is 0 Å². The van der Waals surface area contributed by atoms with Crippen LogP contribution in [-0.4, -0.2) is 10.9 Å². The largest absolute Gasteiger partial charge is 0.434 e. The highest BCUT2D eigenvalue weighted by molar-refractivity contribution is 5.93. The first-order valence-corrected chi connectivity index (χ1v) is 3.25. The van der Waals surface area contributed by atoms with Crippen molar-refractivity contribution in [2.24, 2.45) is 5.73 Å². The summed E-state index contributed by atoms with van der Waals surface area (Å²) in [5.41, 5.74) is 2.87. The number of rotatable bonds is 1. The average molecular weight is 263 g/mol. The van der Waals surface area contributed by atoms with E-state index in [0.29, 0.717) is 0 Å². The summed E-state index contributed by atoms with van der Waals surface area (Å²) in [4.78, 5) is 13.6. The fourth-order valence-corrected chi connectivity index (χ4v) is 0.830. The van der Waals surface area contributed by atoms with Gasteiger partial charge in [-0.1, -0.05) is 0 Å². The van der Waals surface area contributed by atoms with E-state index >= 15 is 0 Å². The molecule has 1 heterocycles. The number of aromatic nitrogens is 1. The first-order chi connectivity index (χ1) is 5.93. The number of hydrogen-bond donors (Lipinski definition) is 1. The summed E-state index contributed by atoms with van der Waals surface area (Å²) in [5, 5.41) is 0. The third kappa shape index (κ3) is 3.93. The summed E-state index contributed by atoms with van der Waals surface area (Å²) in [5.74, 6) is -1.14. The van der Waals surface area contributed by atoms with Crippen LogP contribution in [0.4, 0.5) is 13.2 Å². The van der Waals surface area contributed by atoms with Crippen molar-refractivity contribution in [3.05, 3.63) is 29.6 Å². The van der Waals surface area contributed by atoms with E-state index in [4.69, 9.17) is 5.73 Å². The highest BCUT2D eigenvalue weighted by Gasteiger charge is 2.36. The molecule has 86 valence electrons.